The van der Waals surface area contributed by atoms with Gasteiger partial charge in [-0.3, -0.25) is 14.7 Å². The number of furan rings is 1. The summed E-state index contributed by atoms with van der Waals surface area (Å²) in [5, 5.41) is 9.31. The van der Waals surface area contributed by atoms with Crippen molar-refractivity contribution in [3.05, 3.63) is 72.0 Å². The van der Waals surface area contributed by atoms with E-state index in [9.17, 15) is 10.1 Å². The second-order valence-corrected chi connectivity index (χ2v) is 7.82. The van der Waals surface area contributed by atoms with Gasteiger partial charge >= 0.3 is 0 Å². The molecule has 2 fully saturated rings. The van der Waals surface area contributed by atoms with E-state index in [0.717, 1.165) is 49.7 Å². The first-order valence-electron chi connectivity index (χ1n) is 10.1. The van der Waals surface area contributed by atoms with Gasteiger partial charge < -0.3 is 9.32 Å². The number of amides is 1. The molecule has 2 aliphatic heterocycles. The number of benzene rings is 1. The lowest BCUT2D eigenvalue weighted by Crippen LogP contribution is -2.64. The van der Waals surface area contributed by atoms with Gasteiger partial charge in [0.1, 0.15) is 17.2 Å². The third-order valence-electron chi connectivity index (χ3n) is 6.01. The zero-order chi connectivity index (χ0) is 20.5. The molecule has 30 heavy (non-hydrogen) atoms. The molecule has 0 saturated carbocycles. The van der Waals surface area contributed by atoms with E-state index in [0.29, 0.717) is 17.2 Å². The van der Waals surface area contributed by atoms with Crippen molar-refractivity contribution in [1.82, 2.24) is 19.8 Å². The van der Waals surface area contributed by atoms with Crippen molar-refractivity contribution >= 4 is 5.91 Å². The molecule has 1 amide bonds. The Hall–Kier alpha value is -3.50. The van der Waals surface area contributed by atoms with Crippen LogP contribution in [0, 0.1) is 17.2 Å². The molecule has 3 aromatic rings. The highest BCUT2D eigenvalue weighted by molar-refractivity contribution is 5.92. The number of carbonyl (C=O) groups is 1. The van der Waals surface area contributed by atoms with E-state index in [-0.39, 0.29) is 11.9 Å². The van der Waals surface area contributed by atoms with Crippen molar-refractivity contribution in [2.24, 2.45) is 5.92 Å². The highest BCUT2D eigenvalue weighted by atomic mass is 16.3. The van der Waals surface area contributed by atoms with Crippen LogP contribution in [0.25, 0.3) is 11.3 Å². The molecule has 0 radical (unpaired) electrons. The monoisotopic (exact) mass is 399 g/mol. The maximum atomic E-state index is 12.6. The summed E-state index contributed by atoms with van der Waals surface area (Å²) < 4.78 is 6.04. The Kier molecular flexibility index (Phi) is 4.77. The van der Waals surface area contributed by atoms with Crippen LogP contribution in [0.1, 0.15) is 28.2 Å². The molecule has 0 N–H and O–H groups in total. The molecule has 5 rings (SSSR count). The summed E-state index contributed by atoms with van der Waals surface area (Å²) in [6.07, 6.45) is 5.61. The number of rotatable bonds is 4. The first-order chi connectivity index (χ1) is 14.7. The van der Waals surface area contributed by atoms with Gasteiger partial charge in [0.2, 0.25) is 0 Å². The lowest BCUT2D eigenvalue weighted by atomic mass is 9.82. The van der Waals surface area contributed by atoms with E-state index in [2.05, 4.69) is 20.9 Å². The van der Waals surface area contributed by atoms with Crippen molar-refractivity contribution in [2.45, 2.75) is 19.0 Å². The Morgan fingerprint density at radius 3 is 2.90 bits per heavy atom. The average Bonchev–Trinajstić information content (AvgIpc) is 3.24. The normalized spacial score (nSPS) is 20.8. The average molecular weight is 399 g/mol. The number of carbonyl (C=O) groups excluding carboxylic acids is 1. The number of nitriles is 1. The minimum Gasteiger partial charge on any atom is -0.460 e. The Morgan fingerprint density at radius 2 is 2.10 bits per heavy atom. The largest absolute Gasteiger partial charge is 0.460 e. The van der Waals surface area contributed by atoms with Crippen LogP contribution < -0.4 is 0 Å². The Balaban J connectivity index is 1.20. The number of hydrogen-bond acceptors (Lipinski definition) is 6. The molecule has 2 aromatic heterocycles. The van der Waals surface area contributed by atoms with E-state index in [1.54, 1.807) is 18.5 Å². The maximum Gasteiger partial charge on any atom is 0.274 e. The number of likely N-dealkylation sites (tertiary alicyclic amines) is 2. The van der Waals surface area contributed by atoms with E-state index in [1.165, 1.54) is 6.20 Å². The molecule has 1 aromatic carbocycles. The van der Waals surface area contributed by atoms with Crippen LogP contribution in [0.5, 0.6) is 0 Å². The van der Waals surface area contributed by atoms with Gasteiger partial charge in [-0.2, -0.15) is 5.26 Å². The van der Waals surface area contributed by atoms with Gasteiger partial charge in [-0.05, 0) is 30.7 Å². The zero-order valence-electron chi connectivity index (χ0n) is 16.4. The number of aromatic nitrogens is 2. The lowest BCUT2D eigenvalue weighted by molar-refractivity contribution is -0.0308. The maximum absolute atomic E-state index is 12.6. The number of piperidine rings is 1. The third-order valence-corrected chi connectivity index (χ3v) is 6.01. The van der Waals surface area contributed by atoms with Gasteiger partial charge in [-0.25, -0.2) is 4.98 Å². The molecule has 0 unspecified atom stereocenters. The minimum atomic E-state index is -0.0235. The fraction of sp³-hybridized carbons (Fsp3) is 0.304. The highest BCUT2D eigenvalue weighted by Crippen LogP contribution is 2.34. The molecule has 2 atom stereocenters. The Labute approximate surface area is 174 Å². The van der Waals surface area contributed by atoms with Crippen LogP contribution >= 0.6 is 0 Å². The standard InChI is InChI=1S/C23H21N5O2/c24-11-16-3-1-2-4-19(16)22-6-5-18(30-22)15-27-10-7-21-17(13-27)14-28(21)23(29)20-12-25-8-9-26-20/h1-6,8-9,12,17,21H,7,10,13-15H2/t17-,21-/m0/s1. The topological polar surface area (TPSA) is 86.3 Å². The third kappa shape index (κ3) is 3.36. The molecular formula is C23H21N5O2. The van der Waals surface area contributed by atoms with Gasteiger partial charge in [0.15, 0.2) is 0 Å². The molecule has 7 nitrogen and oxygen atoms in total. The molecule has 2 aliphatic rings. The molecule has 0 aliphatic carbocycles. The molecule has 4 heterocycles. The predicted octanol–water partition coefficient (Wildman–Crippen LogP) is 2.95. The van der Waals surface area contributed by atoms with E-state index >= 15 is 0 Å². The summed E-state index contributed by atoms with van der Waals surface area (Å²) in [4.78, 5) is 25.1. The summed E-state index contributed by atoms with van der Waals surface area (Å²) in [6, 6.07) is 13.9. The first-order valence-corrected chi connectivity index (χ1v) is 10.1. The summed E-state index contributed by atoms with van der Waals surface area (Å²) in [7, 11) is 0. The predicted molar refractivity (Wildman–Crippen MR) is 109 cm³/mol. The summed E-state index contributed by atoms with van der Waals surface area (Å²) >= 11 is 0. The number of nitrogens with zero attached hydrogens (tertiary/aromatic N) is 5. The van der Waals surface area contributed by atoms with Crippen LogP contribution in [-0.4, -0.2) is 51.4 Å². The summed E-state index contributed by atoms with van der Waals surface area (Å²) in [6.45, 7) is 3.35. The molecular weight excluding hydrogens is 378 g/mol. The molecule has 2 saturated heterocycles. The zero-order valence-corrected chi connectivity index (χ0v) is 16.4. The summed E-state index contributed by atoms with van der Waals surface area (Å²) in [5.74, 6) is 2.07. The number of hydrogen-bond donors (Lipinski definition) is 0. The van der Waals surface area contributed by atoms with E-state index in [4.69, 9.17) is 4.42 Å². The van der Waals surface area contributed by atoms with Gasteiger partial charge in [0.25, 0.3) is 5.91 Å². The highest BCUT2D eigenvalue weighted by Gasteiger charge is 2.45. The first kappa shape index (κ1) is 18.5. The van der Waals surface area contributed by atoms with Crippen LogP contribution in [0.4, 0.5) is 0 Å². The van der Waals surface area contributed by atoms with Crippen LogP contribution in [0.15, 0.2) is 59.4 Å². The van der Waals surface area contributed by atoms with Crippen LogP contribution in [0.3, 0.4) is 0 Å². The van der Waals surface area contributed by atoms with Gasteiger partial charge in [-0.15, -0.1) is 0 Å². The van der Waals surface area contributed by atoms with Gasteiger partial charge in [-0.1, -0.05) is 12.1 Å². The van der Waals surface area contributed by atoms with Gasteiger partial charge in [0.05, 0.1) is 24.4 Å². The van der Waals surface area contributed by atoms with Crippen molar-refractivity contribution in [3.8, 4) is 17.4 Å². The van der Waals surface area contributed by atoms with Gasteiger partial charge in [0, 0.05) is 49.6 Å². The van der Waals surface area contributed by atoms with E-state index < -0.39 is 0 Å². The molecule has 7 heteroatoms. The second kappa shape index (κ2) is 7.73. The SMILES string of the molecule is N#Cc1ccccc1-c1ccc(CN2CC[C@H]3[C@@H](C2)CN3C(=O)c2cnccn2)o1. The van der Waals surface area contributed by atoms with E-state index in [1.807, 2.05) is 35.2 Å². The fourth-order valence-electron chi connectivity index (χ4n) is 4.49. The fourth-order valence-corrected chi connectivity index (χ4v) is 4.49. The van der Waals surface area contributed by atoms with Crippen LogP contribution in [0.2, 0.25) is 0 Å². The Bertz CT molecular complexity index is 1100. The second-order valence-electron chi connectivity index (χ2n) is 7.82. The lowest BCUT2D eigenvalue weighted by Gasteiger charge is -2.53. The van der Waals surface area contributed by atoms with Crippen molar-refractivity contribution in [1.29, 1.82) is 5.26 Å². The number of fused-ring (bicyclic) bond motifs is 1. The molecule has 0 spiro atoms. The summed E-state index contributed by atoms with van der Waals surface area (Å²) in [5.41, 5.74) is 1.85. The Morgan fingerprint density at radius 1 is 1.20 bits per heavy atom. The van der Waals surface area contributed by atoms with Crippen molar-refractivity contribution < 1.29 is 9.21 Å². The smallest absolute Gasteiger partial charge is 0.274 e. The molecule has 0 bridgehead atoms. The quantitative estimate of drug-likeness (QED) is 0.670. The molecule has 150 valence electrons. The van der Waals surface area contributed by atoms with Crippen LogP contribution in [-0.2, 0) is 6.54 Å². The minimum absolute atomic E-state index is 0.0235. The van der Waals surface area contributed by atoms with Crippen molar-refractivity contribution in [2.75, 3.05) is 19.6 Å². The van der Waals surface area contributed by atoms with Crippen molar-refractivity contribution in [3.63, 3.8) is 0 Å².